The zero-order valence-electron chi connectivity index (χ0n) is 14.1. The van der Waals surface area contributed by atoms with Crippen molar-refractivity contribution in [1.82, 2.24) is 10.6 Å². The summed E-state index contributed by atoms with van der Waals surface area (Å²) >= 11 is 0. The maximum atomic E-state index is 11.8. The third-order valence-corrected chi connectivity index (χ3v) is 3.62. The molecule has 6 heteroatoms. The van der Waals surface area contributed by atoms with Gasteiger partial charge in [0.15, 0.2) is 0 Å². The first-order valence-electron chi connectivity index (χ1n) is 8.05. The molecule has 0 fully saturated rings. The van der Waals surface area contributed by atoms with Crippen LogP contribution in [0.2, 0.25) is 0 Å². The Morgan fingerprint density at radius 3 is 3.00 bits per heavy atom. The number of hydrogen-bond donors (Lipinski definition) is 2. The average molecular weight is 322 g/mol. The molecule has 1 atom stereocenters. The van der Waals surface area contributed by atoms with Gasteiger partial charge in [-0.3, -0.25) is 4.79 Å². The monoisotopic (exact) mass is 322 g/mol. The summed E-state index contributed by atoms with van der Waals surface area (Å²) < 4.78 is 16.4. The first-order chi connectivity index (χ1) is 11.1. The van der Waals surface area contributed by atoms with Gasteiger partial charge >= 0.3 is 0 Å². The molecule has 0 bridgehead atoms. The van der Waals surface area contributed by atoms with Crippen LogP contribution in [-0.4, -0.2) is 45.4 Å². The van der Waals surface area contributed by atoms with E-state index in [1.54, 1.807) is 7.11 Å². The Morgan fingerprint density at radius 2 is 2.26 bits per heavy atom. The van der Waals surface area contributed by atoms with Crippen molar-refractivity contribution in [3.8, 4) is 11.5 Å². The predicted molar refractivity (Wildman–Crippen MR) is 88.0 cm³/mol. The van der Waals surface area contributed by atoms with Crippen molar-refractivity contribution in [3.63, 3.8) is 0 Å². The molecule has 1 aromatic rings. The molecule has 23 heavy (non-hydrogen) atoms. The predicted octanol–water partition coefficient (Wildman–Crippen LogP) is 1.26. The molecular weight excluding hydrogens is 296 g/mol. The quantitative estimate of drug-likeness (QED) is 0.670. The zero-order valence-corrected chi connectivity index (χ0v) is 14.1. The van der Waals surface area contributed by atoms with E-state index in [1.807, 2.05) is 26.0 Å². The minimum absolute atomic E-state index is 0.0571. The van der Waals surface area contributed by atoms with Crippen molar-refractivity contribution < 1.29 is 19.0 Å². The average Bonchev–Trinajstić information content (AvgIpc) is 2.88. The second-order valence-electron chi connectivity index (χ2n) is 5.58. The van der Waals surface area contributed by atoms with Gasteiger partial charge in [0, 0.05) is 37.7 Å². The third-order valence-electron chi connectivity index (χ3n) is 3.62. The standard InChI is InChI=1S/C17H26N2O4/c1-4-22-15-8-13-7-12(2)23-16(13)9-14(15)10-19-17(20)11-18-5-6-21-3/h8-9,12,18H,4-7,10-11H2,1-3H3,(H,19,20). The van der Waals surface area contributed by atoms with Gasteiger partial charge in [0.25, 0.3) is 0 Å². The Kier molecular flexibility index (Phi) is 6.67. The molecular formula is C17H26N2O4. The summed E-state index contributed by atoms with van der Waals surface area (Å²) in [6, 6.07) is 4.00. The maximum Gasteiger partial charge on any atom is 0.234 e. The van der Waals surface area contributed by atoms with Crippen molar-refractivity contribution in [2.75, 3.05) is 33.4 Å². The Bertz CT molecular complexity index is 534. The van der Waals surface area contributed by atoms with Crippen molar-refractivity contribution in [2.45, 2.75) is 32.9 Å². The number of methoxy groups -OCH3 is 1. The number of ether oxygens (including phenoxy) is 3. The summed E-state index contributed by atoms with van der Waals surface area (Å²) in [4.78, 5) is 11.8. The molecule has 1 unspecified atom stereocenters. The lowest BCUT2D eigenvalue weighted by Gasteiger charge is -2.13. The number of nitrogens with one attached hydrogen (secondary N) is 2. The highest BCUT2D eigenvalue weighted by atomic mass is 16.5. The highest BCUT2D eigenvalue weighted by Gasteiger charge is 2.21. The molecule has 1 amide bonds. The van der Waals surface area contributed by atoms with E-state index in [9.17, 15) is 4.79 Å². The summed E-state index contributed by atoms with van der Waals surface area (Å²) in [5.41, 5.74) is 2.10. The van der Waals surface area contributed by atoms with Crippen LogP contribution < -0.4 is 20.1 Å². The van der Waals surface area contributed by atoms with E-state index < -0.39 is 0 Å². The summed E-state index contributed by atoms with van der Waals surface area (Å²) in [5.74, 6) is 1.65. The molecule has 0 aliphatic carbocycles. The van der Waals surface area contributed by atoms with Gasteiger partial charge in [0.05, 0.1) is 19.8 Å². The molecule has 1 aliphatic rings. The number of fused-ring (bicyclic) bond motifs is 1. The van der Waals surface area contributed by atoms with E-state index >= 15 is 0 Å². The minimum atomic E-state index is -0.0571. The van der Waals surface area contributed by atoms with Gasteiger partial charge in [0.2, 0.25) is 5.91 Å². The largest absolute Gasteiger partial charge is 0.494 e. The minimum Gasteiger partial charge on any atom is -0.494 e. The van der Waals surface area contributed by atoms with E-state index in [1.165, 1.54) is 0 Å². The summed E-state index contributed by atoms with van der Waals surface area (Å²) in [6.07, 6.45) is 1.08. The molecule has 0 radical (unpaired) electrons. The van der Waals surface area contributed by atoms with Crippen LogP contribution in [0.1, 0.15) is 25.0 Å². The normalized spacial score (nSPS) is 15.9. The number of carbonyl (C=O) groups is 1. The second-order valence-corrected chi connectivity index (χ2v) is 5.58. The first kappa shape index (κ1) is 17.6. The van der Waals surface area contributed by atoms with E-state index in [0.717, 1.165) is 29.0 Å². The van der Waals surface area contributed by atoms with E-state index in [4.69, 9.17) is 14.2 Å². The van der Waals surface area contributed by atoms with Gasteiger partial charge < -0.3 is 24.8 Å². The Labute approximate surface area is 137 Å². The molecule has 6 nitrogen and oxygen atoms in total. The molecule has 0 saturated heterocycles. The van der Waals surface area contributed by atoms with E-state index in [2.05, 4.69) is 10.6 Å². The molecule has 1 heterocycles. The van der Waals surface area contributed by atoms with Gasteiger partial charge in [0.1, 0.15) is 17.6 Å². The number of amides is 1. The molecule has 0 spiro atoms. The Hall–Kier alpha value is -1.79. The summed E-state index contributed by atoms with van der Waals surface area (Å²) in [5, 5.41) is 5.92. The number of carbonyl (C=O) groups excluding carboxylic acids is 1. The summed E-state index contributed by atoms with van der Waals surface area (Å²) in [7, 11) is 1.63. The fraction of sp³-hybridized carbons (Fsp3) is 0.588. The lowest BCUT2D eigenvalue weighted by molar-refractivity contribution is -0.120. The van der Waals surface area contributed by atoms with Crippen LogP contribution in [-0.2, 0) is 22.5 Å². The van der Waals surface area contributed by atoms with Crippen LogP contribution in [0.25, 0.3) is 0 Å². The lowest BCUT2D eigenvalue weighted by atomic mass is 10.1. The van der Waals surface area contributed by atoms with Crippen molar-refractivity contribution in [2.24, 2.45) is 0 Å². The molecule has 0 aromatic heterocycles. The highest BCUT2D eigenvalue weighted by molar-refractivity contribution is 5.78. The van der Waals surface area contributed by atoms with Crippen LogP contribution in [0.15, 0.2) is 12.1 Å². The molecule has 2 N–H and O–H groups in total. The van der Waals surface area contributed by atoms with Gasteiger partial charge in [-0.15, -0.1) is 0 Å². The third kappa shape index (κ3) is 5.11. The topological polar surface area (TPSA) is 68.8 Å². The molecule has 128 valence electrons. The van der Waals surface area contributed by atoms with Crippen LogP contribution in [0.4, 0.5) is 0 Å². The van der Waals surface area contributed by atoms with Crippen LogP contribution in [0, 0.1) is 0 Å². The lowest BCUT2D eigenvalue weighted by Crippen LogP contribution is -2.34. The molecule has 1 aromatic carbocycles. The first-order valence-corrected chi connectivity index (χ1v) is 8.05. The second kappa shape index (κ2) is 8.74. The van der Waals surface area contributed by atoms with Gasteiger partial charge in [-0.05, 0) is 26.0 Å². The fourth-order valence-corrected chi connectivity index (χ4v) is 2.54. The van der Waals surface area contributed by atoms with Crippen LogP contribution in [0.3, 0.4) is 0 Å². The molecule has 0 saturated carbocycles. The van der Waals surface area contributed by atoms with Crippen molar-refractivity contribution >= 4 is 5.91 Å². The summed E-state index contributed by atoms with van der Waals surface area (Å²) in [6.45, 7) is 6.52. The van der Waals surface area contributed by atoms with Gasteiger partial charge in [-0.1, -0.05) is 0 Å². The zero-order chi connectivity index (χ0) is 16.7. The number of benzene rings is 1. The maximum absolute atomic E-state index is 11.8. The van der Waals surface area contributed by atoms with Crippen LogP contribution in [0.5, 0.6) is 11.5 Å². The smallest absolute Gasteiger partial charge is 0.234 e. The SMILES string of the molecule is CCOc1cc2c(cc1CNC(=O)CNCCOC)OC(C)C2. The van der Waals surface area contributed by atoms with E-state index in [-0.39, 0.29) is 18.6 Å². The van der Waals surface area contributed by atoms with Gasteiger partial charge in [-0.2, -0.15) is 0 Å². The van der Waals surface area contributed by atoms with Crippen molar-refractivity contribution in [1.29, 1.82) is 0 Å². The Balaban J connectivity index is 1.93. The fourth-order valence-electron chi connectivity index (χ4n) is 2.54. The highest BCUT2D eigenvalue weighted by Crippen LogP contribution is 2.35. The Morgan fingerprint density at radius 1 is 1.43 bits per heavy atom. The molecule has 1 aliphatic heterocycles. The molecule has 2 rings (SSSR count). The number of hydrogen-bond acceptors (Lipinski definition) is 5. The van der Waals surface area contributed by atoms with E-state index in [0.29, 0.717) is 26.3 Å². The van der Waals surface area contributed by atoms with Gasteiger partial charge in [-0.25, -0.2) is 0 Å². The number of rotatable bonds is 9. The van der Waals surface area contributed by atoms with Crippen molar-refractivity contribution in [3.05, 3.63) is 23.3 Å². The van der Waals surface area contributed by atoms with Crippen LogP contribution >= 0.6 is 0 Å².